The molecule has 22 heavy (non-hydrogen) atoms. The van der Waals surface area contributed by atoms with Gasteiger partial charge >= 0.3 is 12.1 Å². The first-order valence-electron chi connectivity index (χ1n) is 6.32. The van der Waals surface area contributed by atoms with E-state index < -0.39 is 18.3 Å². The van der Waals surface area contributed by atoms with Crippen molar-refractivity contribution in [3.63, 3.8) is 0 Å². The van der Waals surface area contributed by atoms with Crippen molar-refractivity contribution in [3.8, 4) is 6.07 Å². The highest BCUT2D eigenvalue weighted by Crippen LogP contribution is 2.42. The molecule has 1 aliphatic heterocycles. The Labute approximate surface area is 127 Å². The van der Waals surface area contributed by atoms with Crippen molar-refractivity contribution < 1.29 is 23.8 Å². The molecule has 2 rings (SSSR count). The Morgan fingerprint density at radius 2 is 1.86 bits per heavy atom. The average molecular weight is 302 g/mol. The van der Waals surface area contributed by atoms with E-state index in [2.05, 4.69) is 4.74 Å². The highest BCUT2D eigenvalue weighted by atomic mass is 16.6. The van der Waals surface area contributed by atoms with Crippen LogP contribution in [0.4, 0.5) is 10.5 Å². The first kappa shape index (κ1) is 15.5. The molecule has 0 N–H and O–H groups in total. The first-order chi connectivity index (χ1) is 10.6. The number of rotatable bonds is 2. The lowest BCUT2D eigenvalue weighted by Gasteiger charge is -2.23. The maximum atomic E-state index is 12.0. The normalized spacial score (nSPS) is 18.3. The van der Waals surface area contributed by atoms with E-state index in [0.717, 1.165) is 0 Å². The minimum Gasteiger partial charge on any atom is -0.465 e. The third-order valence-electron chi connectivity index (χ3n) is 3.30. The van der Waals surface area contributed by atoms with Gasteiger partial charge in [-0.1, -0.05) is 18.2 Å². The number of para-hydroxylation sites is 1. The molecule has 0 saturated carbocycles. The molecule has 1 unspecified atom stereocenters. The number of nitriles is 1. The summed E-state index contributed by atoms with van der Waals surface area (Å²) in [7, 11) is 3.80. The maximum Gasteiger partial charge on any atom is 0.416 e. The van der Waals surface area contributed by atoms with Crippen molar-refractivity contribution >= 4 is 23.3 Å². The molecule has 7 heteroatoms. The summed E-state index contributed by atoms with van der Waals surface area (Å²) in [6.45, 7) is 0. The summed E-state index contributed by atoms with van der Waals surface area (Å²) in [4.78, 5) is 25.1. The van der Waals surface area contributed by atoms with Crippen molar-refractivity contribution in [2.75, 3.05) is 26.2 Å². The zero-order valence-electron chi connectivity index (χ0n) is 12.3. The lowest BCUT2D eigenvalue weighted by Crippen LogP contribution is -2.38. The molecule has 0 radical (unpaired) electrons. The molecule has 1 heterocycles. The number of methoxy groups -OCH3 is 3. The van der Waals surface area contributed by atoms with E-state index in [4.69, 9.17) is 9.47 Å². The molecule has 0 aromatic heterocycles. The fourth-order valence-corrected chi connectivity index (χ4v) is 2.39. The minimum atomic E-state index is -0.946. The number of hydrogen-bond donors (Lipinski definition) is 0. The zero-order chi connectivity index (χ0) is 16.3. The van der Waals surface area contributed by atoms with Crippen LogP contribution in [-0.4, -0.2) is 39.6 Å². The highest BCUT2D eigenvalue weighted by Gasteiger charge is 2.41. The lowest BCUT2D eigenvalue weighted by molar-refractivity contribution is -0.135. The van der Waals surface area contributed by atoms with Gasteiger partial charge < -0.3 is 14.2 Å². The molecule has 0 aliphatic carbocycles. The number of amides is 1. The first-order valence-corrected chi connectivity index (χ1v) is 6.32. The van der Waals surface area contributed by atoms with Crippen LogP contribution in [0.1, 0.15) is 5.56 Å². The fourth-order valence-electron chi connectivity index (χ4n) is 2.39. The van der Waals surface area contributed by atoms with Crippen LogP contribution in [0.2, 0.25) is 0 Å². The van der Waals surface area contributed by atoms with Crippen LogP contribution in [0, 0.1) is 11.3 Å². The SMILES string of the molecule is COC(=O)/C(C#N)=C1/c2ccccc2N(C(=O)OC)C1OC. The minimum absolute atomic E-state index is 0.215. The summed E-state index contributed by atoms with van der Waals surface area (Å²) >= 11 is 0. The van der Waals surface area contributed by atoms with E-state index in [9.17, 15) is 14.9 Å². The molecule has 7 nitrogen and oxygen atoms in total. The second-order valence-corrected chi connectivity index (χ2v) is 4.34. The molecule has 1 atom stereocenters. The summed E-state index contributed by atoms with van der Waals surface area (Å²) in [5, 5.41) is 9.31. The average Bonchev–Trinajstić information content (AvgIpc) is 2.89. The van der Waals surface area contributed by atoms with Gasteiger partial charge in [-0.2, -0.15) is 5.26 Å². The largest absolute Gasteiger partial charge is 0.465 e. The predicted octanol–water partition coefficient (Wildman–Crippen LogP) is 1.70. The predicted molar refractivity (Wildman–Crippen MR) is 76.7 cm³/mol. The number of fused-ring (bicyclic) bond motifs is 1. The van der Waals surface area contributed by atoms with Gasteiger partial charge in [-0.25, -0.2) is 14.5 Å². The van der Waals surface area contributed by atoms with Gasteiger partial charge in [0.1, 0.15) is 11.6 Å². The molecule has 1 aromatic rings. The van der Waals surface area contributed by atoms with E-state index in [1.54, 1.807) is 24.3 Å². The number of nitrogens with zero attached hydrogens (tertiary/aromatic N) is 2. The van der Waals surface area contributed by atoms with Gasteiger partial charge in [0, 0.05) is 18.2 Å². The third-order valence-corrected chi connectivity index (χ3v) is 3.30. The Morgan fingerprint density at radius 3 is 2.41 bits per heavy atom. The van der Waals surface area contributed by atoms with Crippen molar-refractivity contribution in [3.05, 3.63) is 35.4 Å². The Hall–Kier alpha value is -2.85. The van der Waals surface area contributed by atoms with E-state index in [1.165, 1.54) is 26.2 Å². The van der Waals surface area contributed by atoms with Gasteiger partial charge in [0.25, 0.3) is 0 Å². The Balaban J connectivity index is 2.75. The number of benzene rings is 1. The van der Waals surface area contributed by atoms with E-state index in [1.807, 2.05) is 6.07 Å². The zero-order valence-corrected chi connectivity index (χ0v) is 12.3. The third kappa shape index (κ3) is 2.29. The van der Waals surface area contributed by atoms with Crippen LogP contribution < -0.4 is 4.90 Å². The van der Waals surface area contributed by atoms with E-state index in [-0.39, 0.29) is 11.1 Å². The van der Waals surface area contributed by atoms with Crippen LogP contribution in [0.25, 0.3) is 5.57 Å². The molecular weight excluding hydrogens is 288 g/mol. The number of carbonyl (C=O) groups is 2. The summed E-state index contributed by atoms with van der Waals surface area (Å²) < 4.78 is 14.7. The number of hydrogen-bond acceptors (Lipinski definition) is 6. The molecule has 114 valence electrons. The number of anilines is 1. The standard InChI is InChI=1S/C15H14N2O5/c1-20-13-12(10(8-16)14(18)21-2)9-6-4-5-7-11(9)17(13)15(19)22-3/h4-7,13H,1-3H3/b12-10-. The second-order valence-electron chi connectivity index (χ2n) is 4.34. The van der Waals surface area contributed by atoms with Gasteiger partial charge in [-0.05, 0) is 6.07 Å². The Kier molecular flexibility index (Phi) is 4.44. The van der Waals surface area contributed by atoms with Crippen molar-refractivity contribution in [1.29, 1.82) is 5.26 Å². The van der Waals surface area contributed by atoms with Gasteiger partial charge in [0.15, 0.2) is 6.23 Å². The maximum absolute atomic E-state index is 12.0. The van der Waals surface area contributed by atoms with Gasteiger partial charge in [0.2, 0.25) is 0 Å². The van der Waals surface area contributed by atoms with Crippen molar-refractivity contribution in [2.24, 2.45) is 0 Å². The van der Waals surface area contributed by atoms with Crippen LogP contribution in [0.15, 0.2) is 29.8 Å². The number of carbonyl (C=O) groups excluding carboxylic acids is 2. The monoisotopic (exact) mass is 302 g/mol. The summed E-state index contributed by atoms with van der Waals surface area (Å²) in [6, 6.07) is 8.66. The van der Waals surface area contributed by atoms with Gasteiger partial charge in [-0.3, -0.25) is 0 Å². The topological polar surface area (TPSA) is 88.9 Å². The highest BCUT2D eigenvalue weighted by molar-refractivity contribution is 6.09. The van der Waals surface area contributed by atoms with E-state index in [0.29, 0.717) is 11.3 Å². The van der Waals surface area contributed by atoms with Crippen LogP contribution in [-0.2, 0) is 19.0 Å². The van der Waals surface area contributed by atoms with Gasteiger partial charge in [0.05, 0.1) is 19.9 Å². The van der Waals surface area contributed by atoms with Crippen LogP contribution in [0.5, 0.6) is 0 Å². The quantitative estimate of drug-likeness (QED) is 0.469. The molecule has 0 fully saturated rings. The Morgan fingerprint density at radius 1 is 1.18 bits per heavy atom. The molecule has 1 amide bonds. The Bertz CT molecular complexity index is 689. The molecule has 0 bridgehead atoms. The molecule has 1 aromatic carbocycles. The lowest BCUT2D eigenvalue weighted by atomic mass is 10.0. The van der Waals surface area contributed by atoms with Crippen LogP contribution in [0.3, 0.4) is 0 Å². The second kappa shape index (κ2) is 6.28. The molecular formula is C15H14N2O5. The fraction of sp³-hybridized carbons (Fsp3) is 0.267. The summed E-state index contributed by atoms with van der Waals surface area (Å²) in [6.07, 6.45) is -1.60. The smallest absolute Gasteiger partial charge is 0.416 e. The van der Waals surface area contributed by atoms with Crippen LogP contribution >= 0.6 is 0 Å². The molecule has 0 saturated heterocycles. The van der Waals surface area contributed by atoms with Crippen molar-refractivity contribution in [1.82, 2.24) is 0 Å². The number of esters is 1. The van der Waals surface area contributed by atoms with Crippen molar-refractivity contribution in [2.45, 2.75) is 6.23 Å². The summed E-state index contributed by atoms with van der Waals surface area (Å²) in [5.74, 6) is -0.791. The number of ether oxygens (including phenoxy) is 3. The van der Waals surface area contributed by atoms with Gasteiger partial charge in [-0.15, -0.1) is 0 Å². The summed E-state index contributed by atoms with van der Waals surface area (Å²) in [5.41, 5.74) is 1.10. The molecule has 1 aliphatic rings. The molecule has 0 spiro atoms. The van der Waals surface area contributed by atoms with E-state index >= 15 is 0 Å².